The maximum atomic E-state index is 12.1. The lowest BCUT2D eigenvalue weighted by molar-refractivity contribution is -0.138. The normalized spacial score (nSPS) is 22.5. The first kappa shape index (κ1) is 23.2. The van der Waals surface area contributed by atoms with Gasteiger partial charge in [0.2, 0.25) is 5.91 Å². The minimum atomic E-state index is -0.766. The van der Waals surface area contributed by atoms with E-state index < -0.39 is 5.97 Å². The molecule has 0 spiro atoms. The maximum Gasteiger partial charge on any atom is 0.317 e. The molecule has 0 radical (unpaired) electrons. The van der Waals surface area contributed by atoms with E-state index in [0.29, 0.717) is 18.4 Å². The first-order valence-corrected chi connectivity index (χ1v) is 9.95. The molecule has 1 unspecified atom stereocenters. The number of likely N-dealkylation sites (tertiary alicyclic amines) is 1. The van der Waals surface area contributed by atoms with Gasteiger partial charge in [-0.2, -0.15) is 0 Å². The summed E-state index contributed by atoms with van der Waals surface area (Å²) in [5.41, 5.74) is 0. The summed E-state index contributed by atoms with van der Waals surface area (Å²) >= 11 is 0. The van der Waals surface area contributed by atoms with Gasteiger partial charge in [0.05, 0.1) is 6.54 Å². The minimum absolute atomic E-state index is 0. The van der Waals surface area contributed by atoms with E-state index in [1.165, 1.54) is 32.1 Å². The second kappa shape index (κ2) is 12.5. The van der Waals surface area contributed by atoms with Crippen molar-refractivity contribution in [1.29, 1.82) is 0 Å². The predicted octanol–water partition coefficient (Wildman–Crippen LogP) is 2.37. The van der Waals surface area contributed by atoms with Crippen molar-refractivity contribution < 1.29 is 14.7 Å². The summed E-state index contributed by atoms with van der Waals surface area (Å²) in [6, 6.07) is 0.334. The molecule has 6 nitrogen and oxygen atoms in total. The van der Waals surface area contributed by atoms with Gasteiger partial charge in [0, 0.05) is 25.6 Å². The molecule has 1 aliphatic heterocycles. The van der Waals surface area contributed by atoms with Crippen molar-refractivity contribution in [2.75, 3.05) is 39.8 Å². The van der Waals surface area contributed by atoms with E-state index in [9.17, 15) is 9.59 Å². The number of halogens is 1. The number of likely N-dealkylation sites (N-methyl/N-ethyl adjacent to an activating group) is 1. The fraction of sp³-hybridized carbons (Fsp3) is 0.895. The van der Waals surface area contributed by atoms with Crippen molar-refractivity contribution >= 4 is 24.3 Å². The number of carbonyl (C=O) groups excluding carboxylic acids is 1. The summed E-state index contributed by atoms with van der Waals surface area (Å²) in [5.74, 6) is 0.0917. The van der Waals surface area contributed by atoms with Crippen LogP contribution in [0, 0.1) is 5.92 Å². The van der Waals surface area contributed by atoms with Crippen molar-refractivity contribution in [3.8, 4) is 0 Å². The van der Waals surface area contributed by atoms with Crippen molar-refractivity contribution in [3.63, 3.8) is 0 Å². The molecule has 1 saturated carbocycles. The third-order valence-corrected chi connectivity index (χ3v) is 5.77. The fourth-order valence-electron chi connectivity index (χ4n) is 4.14. The van der Waals surface area contributed by atoms with E-state index in [1.54, 1.807) is 0 Å². The van der Waals surface area contributed by atoms with Crippen LogP contribution in [0.1, 0.15) is 57.8 Å². The molecular formula is C19H36ClN3O3. The van der Waals surface area contributed by atoms with Crippen molar-refractivity contribution in [1.82, 2.24) is 15.1 Å². The number of carboxylic acid groups (broad SMARTS) is 1. The topological polar surface area (TPSA) is 72.9 Å². The lowest BCUT2D eigenvalue weighted by Crippen LogP contribution is -2.37. The summed E-state index contributed by atoms with van der Waals surface area (Å²) in [6.07, 6.45) is 10.2. The van der Waals surface area contributed by atoms with Gasteiger partial charge in [-0.05, 0) is 58.2 Å². The number of nitrogens with zero attached hydrogens (tertiary/aromatic N) is 2. The lowest BCUT2D eigenvalue weighted by atomic mass is 9.89. The van der Waals surface area contributed by atoms with Crippen LogP contribution in [0.3, 0.4) is 0 Å². The largest absolute Gasteiger partial charge is 0.480 e. The molecule has 1 amide bonds. The number of hydrogen-bond donors (Lipinski definition) is 2. The Hall–Kier alpha value is -0.850. The Morgan fingerprint density at radius 1 is 1.08 bits per heavy atom. The summed E-state index contributed by atoms with van der Waals surface area (Å²) in [6.45, 7) is 3.72. The van der Waals surface area contributed by atoms with Crippen molar-refractivity contribution in [2.45, 2.75) is 63.8 Å². The number of carbonyl (C=O) groups is 2. The highest BCUT2D eigenvalue weighted by Crippen LogP contribution is 2.22. The van der Waals surface area contributed by atoms with Crippen LogP contribution in [0.5, 0.6) is 0 Å². The summed E-state index contributed by atoms with van der Waals surface area (Å²) in [4.78, 5) is 27.3. The van der Waals surface area contributed by atoms with E-state index in [0.717, 1.165) is 45.4 Å². The highest BCUT2D eigenvalue weighted by molar-refractivity contribution is 5.85. The Labute approximate surface area is 164 Å². The lowest BCUT2D eigenvalue weighted by Gasteiger charge is -2.25. The van der Waals surface area contributed by atoms with Crippen molar-refractivity contribution in [3.05, 3.63) is 0 Å². The second-order valence-electron chi connectivity index (χ2n) is 7.79. The molecule has 1 atom stereocenters. The fourth-order valence-corrected chi connectivity index (χ4v) is 4.14. The number of rotatable bonds is 8. The van der Waals surface area contributed by atoms with Crippen LogP contribution in [0.15, 0.2) is 0 Å². The standard InChI is InChI=1S/C19H35N3O3.ClH/c1-21(15-19(24)25)17-8-5-11-22(12-9-17)13-10-18(23)20-14-16-6-3-2-4-7-16;/h16-17H,2-15H2,1H3,(H,20,23)(H,24,25);1H. The first-order valence-electron chi connectivity index (χ1n) is 9.95. The summed E-state index contributed by atoms with van der Waals surface area (Å²) in [7, 11) is 1.90. The molecule has 1 aliphatic carbocycles. The van der Waals surface area contributed by atoms with E-state index in [1.807, 2.05) is 11.9 Å². The number of amides is 1. The third-order valence-electron chi connectivity index (χ3n) is 5.77. The van der Waals surface area contributed by atoms with Gasteiger partial charge in [0.25, 0.3) is 0 Å². The van der Waals surface area contributed by atoms with Crippen LogP contribution in [0.4, 0.5) is 0 Å². The van der Waals surface area contributed by atoms with Gasteiger partial charge < -0.3 is 15.3 Å². The van der Waals surface area contributed by atoms with Crippen LogP contribution >= 0.6 is 12.4 Å². The quantitative estimate of drug-likeness (QED) is 0.666. The third kappa shape index (κ3) is 8.69. The molecule has 0 aromatic rings. The number of carboxylic acids is 1. The Kier molecular flexibility index (Phi) is 11.2. The molecule has 0 bridgehead atoms. The zero-order valence-corrected chi connectivity index (χ0v) is 16.9. The van der Waals surface area contributed by atoms with Crippen LogP contribution < -0.4 is 5.32 Å². The van der Waals surface area contributed by atoms with Crippen molar-refractivity contribution in [2.24, 2.45) is 5.92 Å². The van der Waals surface area contributed by atoms with E-state index in [2.05, 4.69) is 10.2 Å². The van der Waals surface area contributed by atoms with Gasteiger partial charge in [-0.25, -0.2) is 0 Å². The molecule has 2 fully saturated rings. The zero-order valence-electron chi connectivity index (χ0n) is 16.1. The Morgan fingerprint density at radius 3 is 2.50 bits per heavy atom. The maximum absolute atomic E-state index is 12.1. The van der Waals surface area contributed by atoms with Gasteiger partial charge >= 0.3 is 5.97 Å². The number of hydrogen-bond acceptors (Lipinski definition) is 4. The number of aliphatic carboxylic acids is 1. The van der Waals surface area contributed by atoms with Crippen LogP contribution in [0.25, 0.3) is 0 Å². The molecular weight excluding hydrogens is 354 g/mol. The zero-order chi connectivity index (χ0) is 18.1. The molecule has 2 rings (SSSR count). The Balaban J connectivity index is 0.00000338. The van der Waals surface area contributed by atoms with E-state index >= 15 is 0 Å². The molecule has 7 heteroatoms. The van der Waals surface area contributed by atoms with Crippen LogP contribution in [0.2, 0.25) is 0 Å². The average Bonchev–Trinajstić information content (AvgIpc) is 2.84. The molecule has 26 heavy (non-hydrogen) atoms. The summed E-state index contributed by atoms with van der Waals surface area (Å²) < 4.78 is 0. The van der Waals surface area contributed by atoms with Gasteiger partial charge in [0.15, 0.2) is 0 Å². The smallest absolute Gasteiger partial charge is 0.317 e. The molecule has 1 saturated heterocycles. The first-order chi connectivity index (χ1) is 12.0. The Morgan fingerprint density at radius 2 is 1.81 bits per heavy atom. The molecule has 0 aromatic heterocycles. The molecule has 1 heterocycles. The molecule has 152 valence electrons. The van der Waals surface area contributed by atoms with E-state index in [4.69, 9.17) is 5.11 Å². The SMILES string of the molecule is CN(CC(=O)O)C1CCCN(CCC(=O)NCC2CCCCC2)CC1.Cl. The average molecular weight is 390 g/mol. The predicted molar refractivity (Wildman–Crippen MR) is 106 cm³/mol. The molecule has 0 aromatic carbocycles. The summed E-state index contributed by atoms with van der Waals surface area (Å²) in [5, 5.41) is 12.0. The monoisotopic (exact) mass is 389 g/mol. The number of nitrogens with one attached hydrogen (secondary N) is 1. The second-order valence-corrected chi connectivity index (χ2v) is 7.79. The van der Waals surface area contributed by atoms with Gasteiger partial charge in [-0.15, -0.1) is 12.4 Å². The Bertz CT molecular complexity index is 430. The van der Waals surface area contributed by atoms with Crippen LogP contribution in [-0.4, -0.2) is 72.6 Å². The minimum Gasteiger partial charge on any atom is -0.480 e. The van der Waals surface area contributed by atoms with E-state index in [-0.39, 0.29) is 24.9 Å². The van der Waals surface area contributed by atoms with Gasteiger partial charge in [0.1, 0.15) is 0 Å². The highest BCUT2D eigenvalue weighted by Gasteiger charge is 2.22. The molecule has 2 N–H and O–H groups in total. The van der Waals surface area contributed by atoms with Crippen LogP contribution in [-0.2, 0) is 9.59 Å². The molecule has 2 aliphatic rings. The van der Waals surface area contributed by atoms with Gasteiger partial charge in [-0.1, -0.05) is 19.3 Å². The highest BCUT2D eigenvalue weighted by atomic mass is 35.5. The van der Waals surface area contributed by atoms with Gasteiger partial charge in [-0.3, -0.25) is 14.5 Å².